The van der Waals surface area contributed by atoms with Crippen LogP contribution in [-0.4, -0.2) is 71.7 Å². The highest BCUT2D eigenvalue weighted by atomic mass is 35.5. The molecule has 1 aromatic heterocycles. The number of tetrazole rings is 1. The molecule has 196 valence electrons. The number of aromatic nitrogens is 4. The lowest BCUT2D eigenvalue weighted by Crippen LogP contribution is -2.26. The lowest BCUT2D eigenvalue weighted by Gasteiger charge is -2.22. The van der Waals surface area contributed by atoms with E-state index in [-0.39, 0.29) is 17.3 Å². The molecule has 0 radical (unpaired) electrons. The van der Waals surface area contributed by atoms with E-state index in [0.717, 1.165) is 22.3 Å². The molecule has 2 aromatic carbocycles. The first-order valence-corrected chi connectivity index (χ1v) is 11.4. The molecule has 0 aliphatic carbocycles. The predicted octanol–water partition coefficient (Wildman–Crippen LogP) is 3.79. The van der Waals surface area contributed by atoms with Gasteiger partial charge in [0, 0.05) is 26.3 Å². The molecule has 1 N–H and O–H groups in total. The first-order valence-electron chi connectivity index (χ1n) is 11.1. The summed E-state index contributed by atoms with van der Waals surface area (Å²) in [4.78, 5) is 27.8. The number of hydrogen-bond donors (Lipinski definition) is 1. The average molecular weight is 529 g/mol. The fourth-order valence-electron chi connectivity index (χ4n) is 3.00. The summed E-state index contributed by atoms with van der Waals surface area (Å²) in [5.74, 6) is -0.291. The third-order valence-electron chi connectivity index (χ3n) is 4.90. The van der Waals surface area contributed by atoms with Gasteiger partial charge in [-0.25, -0.2) is 9.79 Å². The van der Waals surface area contributed by atoms with Gasteiger partial charge < -0.3 is 19.1 Å². The van der Waals surface area contributed by atoms with Crippen molar-refractivity contribution in [3.63, 3.8) is 0 Å². The van der Waals surface area contributed by atoms with Crippen LogP contribution in [0.5, 0.6) is 0 Å². The van der Waals surface area contributed by atoms with Crippen molar-refractivity contribution in [3.05, 3.63) is 64.9 Å². The molecule has 1 heterocycles. The SMILES string of the molecule is C=N/C(Cl)=C(/C(=O)OCOC=O)N(C)Cc1ccc(-c2ccccc2-c2nn[nH]n2)cc1.COC(C)C. The Morgan fingerprint density at radius 3 is 2.38 bits per heavy atom. The topological polar surface area (TPSA) is 132 Å². The summed E-state index contributed by atoms with van der Waals surface area (Å²) >= 11 is 6.05. The summed E-state index contributed by atoms with van der Waals surface area (Å²) in [5.41, 5.74) is 3.65. The van der Waals surface area contributed by atoms with Gasteiger partial charge in [0.1, 0.15) is 0 Å². The van der Waals surface area contributed by atoms with Gasteiger partial charge in [0.05, 0.1) is 6.10 Å². The zero-order chi connectivity index (χ0) is 27.2. The standard InChI is InChI=1S/C21H19ClN6O4.C4H10O/c1-23-19(22)18(21(30)32-13-31-12-29)28(2)11-14-7-9-15(10-8-14)16-5-3-4-6-17(16)20-24-26-27-25-20;1-4(2)5-3/h3-10,12H,1,11,13H2,2H3,(H,24,25,26,27);4H,1-3H3/b19-18-;. The molecule has 3 rings (SSSR count). The van der Waals surface area contributed by atoms with Gasteiger partial charge in [-0.15, -0.1) is 10.2 Å². The minimum atomic E-state index is -0.794. The van der Waals surface area contributed by atoms with Crippen molar-refractivity contribution in [2.45, 2.75) is 26.5 Å². The molecule has 12 heteroatoms. The van der Waals surface area contributed by atoms with E-state index in [2.05, 4.69) is 37.1 Å². The van der Waals surface area contributed by atoms with Crippen molar-refractivity contribution in [1.29, 1.82) is 0 Å². The van der Waals surface area contributed by atoms with Crippen LogP contribution in [0.15, 0.2) is 64.4 Å². The Bertz CT molecular complexity index is 1180. The monoisotopic (exact) mass is 528 g/mol. The van der Waals surface area contributed by atoms with E-state index in [0.29, 0.717) is 18.5 Å². The summed E-state index contributed by atoms with van der Waals surface area (Å²) in [6.07, 6.45) is 0.384. The van der Waals surface area contributed by atoms with Crippen LogP contribution in [-0.2, 0) is 30.3 Å². The van der Waals surface area contributed by atoms with Crippen LogP contribution in [0.25, 0.3) is 22.5 Å². The molecule has 0 atom stereocenters. The Morgan fingerprint density at radius 2 is 1.84 bits per heavy atom. The van der Waals surface area contributed by atoms with E-state index >= 15 is 0 Å². The van der Waals surface area contributed by atoms with Gasteiger partial charge in [0.15, 0.2) is 10.9 Å². The quantitative estimate of drug-likeness (QED) is 0.0750. The summed E-state index contributed by atoms with van der Waals surface area (Å²) in [6, 6.07) is 15.5. The number of hydrogen-bond acceptors (Lipinski definition) is 10. The first-order chi connectivity index (χ1) is 17.8. The number of aliphatic imine (C=N–C) groups is 1. The molecule has 11 nitrogen and oxygen atoms in total. The van der Waals surface area contributed by atoms with Gasteiger partial charge in [-0.1, -0.05) is 60.1 Å². The number of nitrogens with one attached hydrogen (secondary N) is 1. The molecule has 0 unspecified atom stereocenters. The number of nitrogens with zero attached hydrogens (tertiary/aromatic N) is 5. The molecule has 0 aliphatic heterocycles. The highest BCUT2D eigenvalue weighted by molar-refractivity contribution is 6.31. The third-order valence-corrected chi connectivity index (χ3v) is 5.20. The number of likely N-dealkylation sites (N-methyl/N-ethyl adjacent to an activating group) is 1. The van der Waals surface area contributed by atoms with Crippen molar-refractivity contribution in [2.75, 3.05) is 21.0 Å². The molecule has 0 saturated heterocycles. The van der Waals surface area contributed by atoms with Crippen LogP contribution in [0.1, 0.15) is 19.4 Å². The van der Waals surface area contributed by atoms with Crippen molar-refractivity contribution in [2.24, 2.45) is 4.99 Å². The van der Waals surface area contributed by atoms with Crippen LogP contribution in [0.3, 0.4) is 0 Å². The molecule has 0 bridgehead atoms. The van der Waals surface area contributed by atoms with E-state index in [4.69, 9.17) is 21.1 Å². The number of H-pyrrole nitrogens is 1. The molecule has 37 heavy (non-hydrogen) atoms. The normalized spacial score (nSPS) is 11.1. The van der Waals surface area contributed by atoms with Gasteiger partial charge in [-0.2, -0.15) is 5.21 Å². The summed E-state index contributed by atoms with van der Waals surface area (Å²) in [7, 11) is 3.36. The minimum absolute atomic E-state index is 0.0114. The van der Waals surface area contributed by atoms with Gasteiger partial charge in [-0.3, -0.25) is 4.79 Å². The van der Waals surface area contributed by atoms with Crippen LogP contribution in [0.2, 0.25) is 0 Å². The Balaban J connectivity index is 0.000000877. The van der Waals surface area contributed by atoms with E-state index in [1.807, 2.05) is 62.4 Å². The number of benzene rings is 2. The maximum absolute atomic E-state index is 12.3. The number of ether oxygens (including phenoxy) is 3. The first kappa shape index (κ1) is 29.1. The van der Waals surface area contributed by atoms with Gasteiger partial charge in [0.25, 0.3) is 6.47 Å². The van der Waals surface area contributed by atoms with E-state index < -0.39 is 12.8 Å². The van der Waals surface area contributed by atoms with Gasteiger partial charge in [0.2, 0.25) is 12.6 Å². The van der Waals surface area contributed by atoms with Crippen molar-refractivity contribution < 1.29 is 23.8 Å². The Labute approximate surface area is 220 Å². The fourth-order valence-corrected chi connectivity index (χ4v) is 3.23. The van der Waals surface area contributed by atoms with Crippen LogP contribution < -0.4 is 0 Å². The number of methoxy groups -OCH3 is 1. The number of carbonyl (C=O) groups is 2. The lowest BCUT2D eigenvalue weighted by molar-refractivity contribution is -0.157. The van der Waals surface area contributed by atoms with Crippen molar-refractivity contribution in [1.82, 2.24) is 25.5 Å². The van der Waals surface area contributed by atoms with Gasteiger partial charge >= 0.3 is 5.97 Å². The van der Waals surface area contributed by atoms with E-state index in [9.17, 15) is 9.59 Å². The van der Waals surface area contributed by atoms with E-state index in [1.54, 1.807) is 19.1 Å². The van der Waals surface area contributed by atoms with Crippen LogP contribution in [0, 0.1) is 0 Å². The second-order valence-electron chi connectivity index (χ2n) is 7.73. The Kier molecular flexibility index (Phi) is 11.9. The number of aromatic amines is 1. The number of esters is 1. The van der Waals surface area contributed by atoms with Crippen molar-refractivity contribution in [3.8, 4) is 22.5 Å². The second-order valence-corrected chi connectivity index (χ2v) is 8.09. The minimum Gasteiger partial charge on any atom is -0.430 e. The molecule has 0 fully saturated rings. The summed E-state index contributed by atoms with van der Waals surface area (Å²) < 4.78 is 14.0. The third kappa shape index (κ3) is 8.81. The number of carbonyl (C=O) groups excluding carboxylic acids is 2. The largest absolute Gasteiger partial charge is 0.430 e. The zero-order valence-electron chi connectivity index (χ0n) is 21.1. The maximum Gasteiger partial charge on any atom is 0.360 e. The lowest BCUT2D eigenvalue weighted by atomic mass is 9.98. The van der Waals surface area contributed by atoms with Gasteiger partial charge in [-0.05, 0) is 42.5 Å². The summed E-state index contributed by atoms with van der Waals surface area (Å²) in [6.45, 7) is 7.32. The summed E-state index contributed by atoms with van der Waals surface area (Å²) in [5, 5.41) is 14.1. The van der Waals surface area contributed by atoms with Crippen LogP contribution in [0.4, 0.5) is 0 Å². The fraction of sp³-hybridized carbons (Fsp3) is 0.280. The molecule has 0 spiro atoms. The van der Waals surface area contributed by atoms with E-state index in [1.165, 1.54) is 0 Å². The molecular formula is C25H29ClN6O5. The zero-order valence-corrected chi connectivity index (χ0v) is 21.8. The second kappa shape index (κ2) is 15.1. The maximum atomic E-state index is 12.3. The molecule has 0 aliphatic rings. The van der Waals surface area contributed by atoms with Crippen molar-refractivity contribution >= 4 is 30.8 Å². The number of halogens is 1. The van der Waals surface area contributed by atoms with Crippen LogP contribution >= 0.6 is 11.6 Å². The highest BCUT2D eigenvalue weighted by Gasteiger charge is 2.21. The smallest absolute Gasteiger partial charge is 0.360 e. The molecule has 3 aromatic rings. The molecular weight excluding hydrogens is 500 g/mol. The average Bonchev–Trinajstić information content (AvgIpc) is 3.44. The number of rotatable bonds is 11. The molecule has 0 amide bonds. The molecule has 0 saturated carbocycles. The Morgan fingerprint density at radius 1 is 1.19 bits per heavy atom. The highest BCUT2D eigenvalue weighted by Crippen LogP contribution is 2.30. The predicted molar refractivity (Wildman–Crippen MR) is 139 cm³/mol. The Hall–Kier alpha value is -4.09.